The van der Waals surface area contributed by atoms with Crippen molar-refractivity contribution in [3.63, 3.8) is 0 Å². The molecule has 2 aliphatic heterocycles. The summed E-state index contributed by atoms with van der Waals surface area (Å²) in [6.45, 7) is 1.15. The third-order valence-corrected chi connectivity index (χ3v) is 5.78. The first kappa shape index (κ1) is 18.8. The van der Waals surface area contributed by atoms with Crippen molar-refractivity contribution in [2.75, 3.05) is 19.6 Å². The minimum Gasteiger partial charge on any atom is -0.457 e. The van der Waals surface area contributed by atoms with Gasteiger partial charge in [-0.15, -0.1) is 0 Å². The van der Waals surface area contributed by atoms with E-state index >= 15 is 0 Å². The zero-order chi connectivity index (χ0) is 19.7. The molecule has 3 amide bonds. The van der Waals surface area contributed by atoms with Gasteiger partial charge in [0.25, 0.3) is 11.1 Å². The van der Waals surface area contributed by atoms with Crippen molar-refractivity contribution < 1.29 is 18.8 Å². The zero-order valence-electron chi connectivity index (χ0n) is 14.9. The summed E-state index contributed by atoms with van der Waals surface area (Å²) in [7, 11) is 0. The van der Waals surface area contributed by atoms with Crippen molar-refractivity contribution in [3.05, 3.63) is 52.1 Å². The molecule has 0 unspecified atom stereocenters. The summed E-state index contributed by atoms with van der Waals surface area (Å²) in [6, 6.07) is 10.7. The topological polar surface area (TPSA) is 70.8 Å². The molecule has 8 heteroatoms. The Morgan fingerprint density at radius 1 is 1.18 bits per heavy atom. The Balaban J connectivity index is 1.49. The average Bonchev–Trinajstić information content (AvgIpc) is 3.40. The number of imide groups is 1. The molecule has 0 radical (unpaired) electrons. The van der Waals surface area contributed by atoms with Gasteiger partial charge in [-0.3, -0.25) is 19.3 Å². The third kappa shape index (κ3) is 3.86. The van der Waals surface area contributed by atoms with Crippen molar-refractivity contribution in [2.24, 2.45) is 0 Å². The van der Waals surface area contributed by atoms with Gasteiger partial charge in [0.1, 0.15) is 18.1 Å². The second-order valence-corrected chi connectivity index (χ2v) is 8.00. The maximum absolute atomic E-state index is 12.6. The monoisotopic (exact) mass is 416 g/mol. The molecule has 0 bridgehead atoms. The SMILES string of the molecule is O=C(CN1C(=O)S/C(=C/c2ccc(-c3cccc(Cl)c3)o2)C1=O)N1CCCC1. The second-order valence-electron chi connectivity index (χ2n) is 6.57. The molecular weight excluding hydrogens is 400 g/mol. The highest BCUT2D eigenvalue weighted by atomic mass is 35.5. The first-order chi connectivity index (χ1) is 13.5. The van der Waals surface area contributed by atoms with Crippen LogP contribution in [0.5, 0.6) is 0 Å². The number of carbonyl (C=O) groups is 3. The highest BCUT2D eigenvalue weighted by molar-refractivity contribution is 8.18. The van der Waals surface area contributed by atoms with Crippen LogP contribution in [0, 0.1) is 0 Å². The molecule has 0 spiro atoms. The van der Waals surface area contributed by atoms with Crippen LogP contribution in [0.2, 0.25) is 5.02 Å². The molecule has 1 aromatic carbocycles. The van der Waals surface area contributed by atoms with E-state index in [2.05, 4.69) is 0 Å². The zero-order valence-corrected chi connectivity index (χ0v) is 16.5. The van der Waals surface area contributed by atoms with Crippen molar-refractivity contribution in [2.45, 2.75) is 12.8 Å². The highest BCUT2D eigenvalue weighted by Crippen LogP contribution is 2.33. The molecule has 2 fully saturated rings. The predicted octanol–water partition coefficient (Wildman–Crippen LogP) is 4.26. The minimum atomic E-state index is -0.469. The van der Waals surface area contributed by atoms with Crippen LogP contribution >= 0.6 is 23.4 Å². The Bertz CT molecular complexity index is 978. The molecule has 0 saturated carbocycles. The fourth-order valence-corrected chi connectivity index (χ4v) is 4.20. The molecule has 144 valence electrons. The van der Waals surface area contributed by atoms with Gasteiger partial charge >= 0.3 is 0 Å². The number of hydrogen-bond donors (Lipinski definition) is 0. The van der Waals surface area contributed by atoms with Gasteiger partial charge in [-0.05, 0) is 48.9 Å². The van der Waals surface area contributed by atoms with E-state index in [1.54, 1.807) is 29.2 Å². The van der Waals surface area contributed by atoms with E-state index in [9.17, 15) is 14.4 Å². The van der Waals surface area contributed by atoms with E-state index in [4.69, 9.17) is 16.0 Å². The fraction of sp³-hybridized carbons (Fsp3) is 0.250. The summed E-state index contributed by atoms with van der Waals surface area (Å²) in [4.78, 5) is 40.0. The van der Waals surface area contributed by atoms with Gasteiger partial charge < -0.3 is 9.32 Å². The van der Waals surface area contributed by atoms with Crippen molar-refractivity contribution in [1.29, 1.82) is 0 Å². The largest absolute Gasteiger partial charge is 0.457 e. The van der Waals surface area contributed by atoms with Gasteiger partial charge in [0.05, 0.1) is 4.91 Å². The first-order valence-corrected chi connectivity index (χ1v) is 10.1. The van der Waals surface area contributed by atoms with Gasteiger partial charge in [-0.2, -0.15) is 0 Å². The summed E-state index contributed by atoms with van der Waals surface area (Å²) in [5, 5.41) is 0.157. The van der Waals surface area contributed by atoms with Crippen LogP contribution in [0.4, 0.5) is 4.79 Å². The maximum atomic E-state index is 12.6. The lowest BCUT2D eigenvalue weighted by molar-refractivity contribution is -0.135. The van der Waals surface area contributed by atoms with Crippen molar-refractivity contribution in [1.82, 2.24) is 9.80 Å². The number of carbonyl (C=O) groups excluding carboxylic acids is 3. The lowest BCUT2D eigenvalue weighted by Crippen LogP contribution is -2.40. The average molecular weight is 417 g/mol. The van der Waals surface area contributed by atoms with Crippen molar-refractivity contribution >= 4 is 46.5 Å². The standard InChI is InChI=1S/C20H17ClN2O4S/c21-14-5-3-4-13(10-14)16-7-6-15(27-16)11-17-19(25)23(20(26)28-17)12-18(24)22-8-1-2-9-22/h3-7,10-11H,1-2,8-9,12H2/b17-11+. The van der Waals surface area contributed by atoms with E-state index < -0.39 is 11.1 Å². The Kier molecular flexibility index (Phi) is 5.28. The van der Waals surface area contributed by atoms with Gasteiger partial charge in [0.2, 0.25) is 5.91 Å². The van der Waals surface area contributed by atoms with Crippen LogP contribution in [-0.4, -0.2) is 46.5 Å². The molecule has 6 nitrogen and oxygen atoms in total. The molecule has 4 rings (SSSR count). The third-order valence-electron chi connectivity index (χ3n) is 4.64. The number of amides is 3. The molecule has 0 N–H and O–H groups in total. The van der Waals surface area contributed by atoms with Gasteiger partial charge in [0, 0.05) is 29.8 Å². The smallest absolute Gasteiger partial charge is 0.294 e. The van der Waals surface area contributed by atoms with Crippen LogP contribution in [0.3, 0.4) is 0 Å². The number of furan rings is 1. The van der Waals surface area contributed by atoms with E-state index in [1.165, 1.54) is 6.08 Å². The summed E-state index contributed by atoms with van der Waals surface area (Å²) >= 11 is 6.82. The highest BCUT2D eigenvalue weighted by Gasteiger charge is 2.37. The molecule has 0 atom stereocenters. The van der Waals surface area contributed by atoms with Crippen LogP contribution in [0.15, 0.2) is 45.7 Å². The van der Waals surface area contributed by atoms with E-state index in [1.807, 2.05) is 12.1 Å². The molecule has 2 aromatic rings. The van der Waals surface area contributed by atoms with E-state index in [0.29, 0.717) is 29.6 Å². The quantitative estimate of drug-likeness (QED) is 0.696. The van der Waals surface area contributed by atoms with Crippen molar-refractivity contribution in [3.8, 4) is 11.3 Å². The first-order valence-electron chi connectivity index (χ1n) is 8.90. The molecule has 1 aromatic heterocycles. The maximum Gasteiger partial charge on any atom is 0.294 e. The van der Waals surface area contributed by atoms with E-state index in [0.717, 1.165) is 35.1 Å². The molecule has 3 heterocycles. The summed E-state index contributed by atoms with van der Waals surface area (Å²) in [6.07, 6.45) is 3.45. The minimum absolute atomic E-state index is 0.192. The normalized spacial score (nSPS) is 18.5. The summed E-state index contributed by atoms with van der Waals surface area (Å²) < 4.78 is 5.76. The Labute approximate surface area is 171 Å². The number of likely N-dealkylation sites (tertiary alicyclic amines) is 1. The number of nitrogens with zero attached hydrogens (tertiary/aromatic N) is 2. The number of benzene rings is 1. The lowest BCUT2D eigenvalue weighted by atomic mass is 10.2. The van der Waals surface area contributed by atoms with Gasteiger partial charge in [-0.25, -0.2) is 0 Å². The number of hydrogen-bond acceptors (Lipinski definition) is 5. The molecular formula is C20H17ClN2O4S. The number of halogens is 1. The summed E-state index contributed by atoms with van der Waals surface area (Å²) in [5.74, 6) is 0.397. The van der Waals surface area contributed by atoms with E-state index in [-0.39, 0.29) is 17.4 Å². The fourth-order valence-electron chi connectivity index (χ4n) is 3.19. The van der Waals surface area contributed by atoms with Crippen LogP contribution in [-0.2, 0) is 9.59 Å². The molecule has 2 aliphatic rings. The Morgan fingerprint density at radius 2 is 1.96 bits per heavy atom. The predicted molar refractivity (Wildman–Crippen MR) is 108 cm³/mol. The Hall–Kier alpha value is -2.51. The number of thioether (sulfide) groups is 1. The second kappa shape index (κ2) is 7.85. The molecule has 2 saturated heterocycles. The van der Waals surface area contributed by atoms with Crippen LogP contribution < -0.4 is 0 Å². The van der Waals surface area contributed by atoms with Gasteiger partial charge in [0.15, 0.2) is 0 Å². The van der Waals surface area contributed by atoms with Crippen LogP contribution in [0.1, 0.15) is 18.6 Å². The summed E-state index contributed by atoms with van der Waals surface area (Å²) in [5.41, 5.74) is 0.816. The lowest BCUT2D eigenvalue weighted by Gasteiger charge is -2.18. The van der Waals surface area contributed by atoms with Crippen LogP contribution in [0.25, 0.3) is 17.4 Å². The van der Waals surface area contributed by atoms with Gasteiger partial charge in [-0.1, -0.05) is 23.7 Å². The molecule has 0 aliphatic carbocycles. The Morgan fingerprint density at radius 3 is 2.71 bits per heavy atom. The number of rotatable bonds is 4. The molecule has 28 heavy (non-hydrogen) atoms.